The lowest BCUT2D eigenvalue weighted by atomic mass is 10.1. The first-order valence-electron chi connectivity index (χ1n) is 10.6. The standard InChI is InChI=1S/C25H34N2O3/c1-18(2)16-26-25(29)21(5)27(14-13-22-9-7-6-8-10-22)24(28)17-30-23-15-19(3)11-12-20(23)4/h6-12,15,18,21H,13-14,16-17H2,1-5H3,(H,26,29)/t21-/m1/s1. The van der Waals surface area contributed by atoms with Crippen LogP contribution in [0.2, 0.25) is 0 Å². The lowest BCUT2D eigenvalue weighted by Gasteiger charge is -2.29. The summed E-state index contributed by atoms with van der Waals surface area (Å²) < 4.78 is 5.82. The monoisotopic (exact) mass is 410 g/mol. The molecule has 0 aliphatic rings. The molecule has 2 amide bonds. The molecule has 5 nitrogen and oxygen atoms in total. The number of hydrogen-bond acceptors (Lipinski definition) is 3. The number of ether oxygens (including phenoxy) is 1. The van der Waals surface area contributed by atoms with Crippen molar-refractivity contribution >= 4 is 11.8 Å². The largest absolute Gasteiger partial charge is 0.483 e. The van der Waals surface area contributed by atoms with Crippen LogP contribution in [0, 0.1) is 19.8 Å². The summed E-state index contributed by atoms with van der Waals surface area (Å²) in [4.78, 5) is 27.3. The highest BCUT2D eigenvalue weighted by Gasteiger charge is 2.26. The summed E-state index contributed by atoms with van der Waals surface area (Å²) in [6.45, 7) is 10.7. The maximum Gasteiger partial charge on any atom is 0.261 e. The van der Waals surface area contributed by atoms with Crippen molar-refractivity contribution in [1.82, 2.24) is 10.2 Å². The molecule has 162 valence electrons. The fraction of sp³-hybridized carbons (Fsp3) is 0.440. The summed E-state index contributed by atoms with van der Waals surface area (Å²) in [5.74, 6) is 0.710. The average molecular weight is 411 g/mol. The first kappa shape index (κ1) is 23.5. The number of aryl methyl sites for hydroxylation is 2. The van der Waals surface area contributed by atoms with E-state index in [0.29, 0.717) is 31.2 Å². The molecule has 0 aliphatic carbocycles. The van der Waals surface area contributed by atoms with Crippen LogP contribution < -0.4 is 10.1 Å². The van der Waals surface area contributed by atoms with E-state index < -0.39 is 6.04 Å². The molecule has 0 fully saturated rings. The third kappa shape index (κ3) is 7.21. The van der Waals surface area contributed by atoms with Crippen LogP contribution in [0.15, 0.2) is 48.5 Å². The molecule has 30 heavy (non-hydrogen) atoms. The number of benzene rings is 2. The Morgan fingerprint density at radius 3 is 2.40 bits per heavy atom. The van der Waals surface area contributed by atoms with E-state index in [1.807, 2.05) is 76.2 Å². The van der Waals surface area contributed by atoms with Crippen molar-refractivity contribution in [1.29, 1.82) is 0 Å². The van der Waals surface area contributed by atoms with Gasteiger partial charge in [0.1, 0.15) is 11.8 Å². The third-order valence-electron chi connectivity index (χ3n) is 5.03. The van der Waals surface area contributed by atoms with Gasteiger partial charge in [-0.15, -0.1) is 0 Å². The van der Waals surface area contributed by atoms with Crippen LogP contribution in [-0.2, 0) is 16.0 Å². The molecule has 0 saturated carbocycles. The number of carbonyl (C=O) groups is 2. The minimum Gasteiger partial charge on any atom is -0.483 e. The Labute approximate surface area is 180 Å². The number of nitrogens with zero attached hydrogens (tertiary/aromatic N) is 1. The molecule has 0 bridgehead atoms. The van der Waals surface area contributed by atoms with E-state index in [4.69, 9.17) is 4.74 Å². The molecule has 2 rings (SSSR count). The second-order valence-corrected chi connectivity index (χ2v) is 8.20. The van der Waals surface area contributed by atoms with E-state index in [2.05, 4.69) is 5.32 Å². The second-order valence-electron chi connectivity index (χ2n) is 8.20. The van der Waals surface area contributed by atoms with Crippen molar-refractivity contribution in [2.75, 3.05) is 19.7 Å². The zero-order chi connectivity index (χ0) is 22.1. The molecule has 2 aromatic carbocycles. The van der Waals surface area contributed by atoms with Gasteiger partial charge in [-0.25, -0.2) is 0 Å². The molecule has 0 heterocycles. The lowest BCUT2D eigenvalue weighted by Crippen LogP contribution is -2.50. The van der Waals surface area contributed by atoms with Gasteiger partial charge in [0.15, 0.2) is 6.61 Å². The van der Waals surface area contributed by atoms with Crippen LogP contribution >= 0.6 is 0 Å². The summed E-state index contributed by atoms with van der Waals surface area (Å²) in [7, 11) is 0. The van der Waals surface area contributed by atoms with E-state index in [-0.39, 0.29) is 18.4 Å². The highest BCUT2D eigenvalue weighted by Crippen LogP contribution is 2.19. The first-order chi connectivity index (χ1) is 14.3. The van der Waals surface area contributed by atoms with Crippen LogP contribution in [0.1, 0.15) is 37.5 Å². The molecule has 5 heteroatoms. The predicted octanol–water partition coefficient (Wildman–Crippen LogP) is 3.91. The summed E-state index contributed by atoms with van der Waals surface area (Å²) in [6.07, 6.45) is 0.678. The maximum absolute atomic E-state index is 13.0. The SMILES string of the molecule is Cc1ccc(C)c(OCC(=O)N(CCc2ccccc2)[C@H](C)C(=O)NCC(C)C)c1. The minimum atomic E-state index is -0.567. The second kappa shape index (κ2) is 11.4. The maximum atomic E-state index is 13.0. The van der Waals surface area contributed by atoms with Crippen molar-refractivity contribution in [3.63, 3.8) is 0 Å². The molecule has 1 atom stereocenters. The van der Waals surface area contributed by atoms with Crippen molar-refractivity contribution in [2.24, 2.45) is 5.92 Å². The van der Waals surface area contributed by atoms with Gasteiger partial charge in [-0.1, -0.05) is 56.3 Å². The van der Waals surface area contributed by atoms with Crippen LogP contribution in [0.5, 0.6) is 5.75 Å². The summed E-state index contributed by atoms with van der Waals surface area (Å²) in [6, 6.07) is 15.3. The number of nitrogens with one attached hydrogen (secondary N) is 1. The quantitative estimate of drug-likeness (QED) is 0.646. The topological polar surface area (TPSA) is 58.6 Å². The Kier molecular flexibility index (Phi) is 8.90. The molecule has 2 aromatic rings. The van der Waals surface area contributed by atoms with Gasteiger partial charge in [-0.05, 0) is 55.9 Å². The Hall–Kier alpha value is -2.82. The average Bonchev–Trinajstić information content (AvgIpc) is 2.73. The summed E-state index contributed by atoms with van der Waals surface area (Å²) >= 11 is 0. The molecule has 0 aromatic heterocycles. The smallest absolute Gasteiger partial charge is 0.261 e. The molecule has 0 radical (unpaired) electrons. The van der Waals surface area contributed by atoms with E-state index in [1.54, 1.807) is 11.8 Å². The fourth-order valence-corrected chi connectivity index (χ4v) is 3.11. The number of carbonyl (C=O) groups excluding carboxylic acids is 2. The predicted molar refractivity (Wildman–Crippen MR) is 121 cm³/mol. The highest BCUT2D eigenvalue weighted by atomic mass is 16.5. The van der Waals surface area contributed by atoms with Crippen molar-refractivity contribution < 1.29 is 14.3 Å². The van der Waals surface area contributed by atoms with Gasteiger partial charge in [0.2, 0.25) is 5.91 Å². The minimum absolute atomic E-state index is 0.0963. The summed E-state index contributed by atoms with van der Waals surface area (Å²) in [5.41, 5.74) is 3.18. The highest BCUT2D eigenvalue weighted by molar-refractivity contribution is 5.88. The molecular weight excluding hydrogens is 376 g/mol. The fourth-order valence-electron chi connectivity index (χ4n) is 3.11. The first-order valence-corrected chi connectivity index (χ1v) is 10.6. The Morgan fingerprint density at radius 2 is 1.73 bits per heavy atom. The van der Waals surface area contributed by atoms with Gasteiger partial charge in [-0.3, -0.25) is 9.59 Å². The zero-order valence-corrected chi connectivity index (χ0v) is 18.8. The van der Waals surface area contributed by atoms with E-state index in [1.165, 1.54) is 0 Å². The molecule has 0 unspecified atom stereocenters. The van der Waals surface area contributed by atoms with Gasteiger partial charge in [-0.2, -0.15) is 0 Å². The molecule has 1 N–H and O–H groups in total. The number of amides is 2. The van der Waals surface area contributed by atoms with E-state index in [9.17, 15) is 9.59 Å². The zero-order valence-electron chi connectivity index (χ0n) is 18.8. The van der Waals surface area contributed by atoms with Gasteiger partial charge >= 0.3 is 0 Å². The lowest BCUT2D eigenvalue weighted by molar-refractivity contribution is -0.141. The van der Waals surface area contributed by atoms with Crippen molar-refractivity contribution in [3.05, 3.63) is 65.2 Å². The van der Waals surface area contributed by atoms with Crippen LogP contribution in [0.3, 0.4) is 0 Å². The van der Waals surface area contributed by atoms with Gasteiger partial charge in [0.25, 0.3) is 5.91 Å². The van der Waals surface area contributed by atoms with Crippen molar-refractivity contribution in [3.8, 4) is 5.75 Å². The molecular formula is C25H34N2O3. The van der Waals surface area contributed by atoms with E-state index in [0.717, 1.165) is 16.7 Å². The van der Waals surface area contributed by atoms with E-state index >= 15 is 0 Å². The molecule has 0 aliphatic heterocycles. The third-order valence-corrected chi connectivity index (χ3v) is 5.03. The number of hydrogen-bond donors (Lipinski definition) is 1. The van der Waals surface area contributed by atoms with Crippen LogP contribution in [0.25, 0.3) is 0 Å². The molecule has 0 spiro atoms. The summed E-state index contributed by atoms with van der Waals surface area (Å²) in [5, 5.41) is 2.93. The number of rotatable bonds is 10. The van der Waals surface area contributed by atoms with Gasteiger partial charge < -0.3 is 15.0 Å². The van der Waals surface area contributed by atoms with Crippen LogP contribution in [-0.4, -0.2) is 42.5 Å². The van der Waals surface area contributed by atoms with Gasteiger partial charge in [0, 0.05) is 13.1 Å². The van der Waals surface area contributed by atoms with Crippen molar-refractivity contribution in [2.45, 2.75) is 47.1 Å². The Balaban J connectivity index is 2.08. The Bertz CT molecular complexity index is 834. The van der Waals surface area contributed by atoms with Gasteiger partial charge in [0.05, 0.1) is 0 Å². The molecule has 0 saturated heterocycles. The van der Waals surface area contributed by atoms with Crippen LogP contribution in [0.4, 0.5) is 0 Å². The Morgan fingerprint density at radius 1 is 1.03 bits per heavy atom. The normalized spacial score (nSPS) is 11.8.